The third-order valence-corrected chi connectivity index (χ3v) is 26.6. The number of hydrogen-bond donors (Lipinski definition) is 0. The molecule has 0 bridgehead atoms. The molecule has 10 nitrogen and oxygen atoms in total. The zero-order valence-corrected chi connectivity index (χ0v) is 68.9. The fraction of sp³-hybridized carbons (Fsp3) is 0. The minimum Gasteiger partial charge on any atom is -0.454 e. The second-order valence-corrected chi connectivity index (χ2v) is 33.7. The van der Waals surface area contributed by atoms with Gasteiger partial charge in [-0.15, -0.1) is 11.3 Å². The molecule has 127 heavy (non-hydrogen) atoms. The van der Waals surface area contributed by atoms with Gasteiger partial charge in [0.1, 0.15) is 11.2 Å². The molecule has 0 saturated heterocycles. The summed E-state index contributed by atoms with van der Waals surface area (Å²) in [6, 6.07) is 146. The first kappa shape index (κ1) is 71.8. The highest BCUT2D eigenvalue weighted by Gasteiger charge is 2.29. The summed E-state index contributed by atoms with van der Waals surface area (Å²) in [5.74, 6) is 3.62. The highest BCUT2D eigenvalue weighted by molar-refractivity contribution is 7.25. The number of aromatic nitrogens is 8. The van der Waals surface area contributed by atoms with Crippen LogP contribution in [0.15, 0.2) is 421 Å². The number of thiophene rings is 1. The molecule has 27 rings (SSSR count). The normalized spacial score (nSPS) is 11.9. The Bertz CT molecular complexity index is 9240. The van der Waals surface area contributed by atoms with Crippen LogP contribution in [0.3, 0.4) is 0 Å². The van der Waals surface area contributed by atoms with E-state index in [4.69, 9.17) is 38.7 Å². The molecule has 0 unspecified atom stereocenters. The average Bonchev–Trinajstić information content (AvgIpc) is 1.53. The minimum atomic E-state index is 0.579. The van der Waals surface area contributed by atoms with Gasteiger partial charge in [0, 0.05) is 102 Å². The molecule has 0 N–H and O–H groups in total. The number of furan rings is 2. The van der Waals surface area contributed by atoms with Gasteiger partial charge in [-0.1, -0.05) is 340 Å². The first-order valence-corrected chi connectivity index (χ1v) is 43.6. The maximum atomic E-state index is 7.07. The van der Waals surface area contributed by atoms with Crippen molar-refractivity contribution in [2.24, 2.45) is 0 Å². The number of hydrogen-bond acceptors (Lipinski definition) is 9. The third-order valence-electron chi connectivity index (χ3n) is 25.5. The van der Waals surface area contributed by atoms with Crippen molar-refractivity contribution in [3.05, 3.63) is 413 Å². The van der Waals surface area contributed by atoms with E-state index in [0.29, 0.717) is 34.9 Å². The molecule has 0 fully saturated rings. The van der Waals surface area contributed by atoms with E-state index in [9.17, 15) is 0 Å². The molecule has 0 radical (unpaired) electrons. The van der Waals surface area contributed by atoms with Crippen molar-refractivity contribution < 1.29 is 8.83 Å². The van der Waals surface area contributed by atoms with Crippen LogP contribution in [-0.2, 0) is 0 Å². The summed E-state index contributed by atoms with van der Waals surface area (Å²) >= 11 is 1.79. The second-order valence-electron chi connectivity index (χ2n) is 32.6. The molecule has 0 saturated carbocycles. The van der Waals surface area contributed by atoms with Crippen LogP contribution in [0.2, 0.25) is 0 Å². The molecule has 7 aromatic heterocycles. The lowest BCUT2D eigenvalue weighted by Crippen LogP contribution is -2.01. The molecule has 0 aliphatic rings. The van der Waals surface area contributed by atoms with Crippen molar-refractivity contribution in [3.8, 4) is 102 Å². The van der Waals surface area contributed by atoms with Gasteiger partial charge in [-0.2, -0.15) is 0 Å². The predicted octanol–water partition coefficient (Wildman–Crippen LogP) is 31.2. The first-order chi connectivity index (χ1) is 63.0. The molecule has 0 aliphatic heterocycles. The summed E-state index contributed by atoms with van der Waals surface area (Å²) in [5, 5.41) is 22.9. The molecule has 0 spiro atoms. The van der Waals surface area contributed by atoms with Crippen LogP contribution < -0.4 is 0 Å². The zero-order chi connectivity index (χ0) is 83.3. The van der Waals surface area contributed by atoms with E-state index in [1.165, 1.54) is 101 Å². The molecular weight excluding hydrogens is 1570 g/mol. The van der Waals surface area contributed by atoms with Gasteiger partial charge in [-0.05, 0) is 144 Å². The van der Waals surface area contributed by atoms with Crippen LogP contribution in [-0.4, -0.2) is 39.0 Å². The number of benzene rings is 20. The van der Waals surface area contributed by atoms with Gasteiger partial charge >= 0.3 is 0 Å². The number of nitrogens with zero attached hydrogens (tertiary/aromatic N) is 8. The highest BCUT2D eigenvalue weighted by Crippen LogP contribution is 2.50. The Morgan fingerprint density at radius 1 is 0.197 bits per heavy atom. The third kappa shape index (κ3) is 11.6. The van der Waals surface area contributed by atoms with Crippen molar-refractivity contribution >= 4 is 173 Å². The summed E-state index contributed by atoms with van der Waals surface area (Å²) in [6.07, 6.45) is 0. The first-order valence-electron chi connectivity index (χ1n) is 42.8. The number of para-hydroxylation sites is 2. The van der Waals surface area contributed by atoms with Crippen LogP contribution in [0.4, 0.5) is 0 Å². The lowest BCUT2D eigenvalue weighted by atomic mass is 9.94. The average molecular weight is 1640 g/mol. The highest BCUT2D eigenvalue weighted by atomic mass is 32.1. The van der Waals surface area contributed by atoms with Crippen molar-refractivity contribution in [2.75, 3.05) is 0 Å². The second kappa shape index (κ2) is 28.9. The van der Waals surface area contributed by atoms with E-state index in [-0.39, 0.29) is 0 Å². The number of rotatable bonds is 10. The molecule has 0 atom stereocenters. The lowest BCUT2D eigenvalue weighted by Gasteiger charge is -2.14. The summed E-state index contributed by atoms with van der Waals surface area (Å²) < 4.78 is 21.4. The molecule has 0 aliphatic carbocycles. The maximum Gasteiger partial charge on any atom is 0.164 e. The Morgan fingerprint density at radius 3 is 1.27 bits per heavy atom. The van der Waals surface area contributed by atoms with Crippen molar-refractivity contribution in [3.63, 3.8) is 0 Å². The summed E-state index contributed by atoms with van der Waals surface area (Å²) in [5.41, 5.74) is 19.6. The molecule has 20 aromatic carbocycles. The van der Waals surface area contributed by atoms with Crippen LogP contribution in [0.5, 0.6) is 0 Å². The van der Waals surface area contributed by atoms with Crippen molar-refractivity contribution in [1.82, 2.24) is 39.0 Å². The fourth-order valence-electron chi connectivity index (χ4n) is 19.7. The molecule has 7 heterocycles. The van der Waals surface area contributed by atoms with E-state index >= 15 is 0 Å². The molecule has 11 heteroatoms. The lowest BCUT2D eigenvalue weighted by molar-refractivity contribution is 0.666. The Morgan fingerprint density at radius 2 is 0.630 bits per heavy atom. The summed E-state index contributed by atoms with van der Waals surface area (Å²) in [6.45, 7) is 0. The zero-order valence-electron chi connectivity index (χ0n) is 68.1. The van der Waals surface area contributed by atoms with E-state index in [0.717, 1.165) is 127 Å². The Balaban J connectivity index is 0.000000135. The SMILES string of the molecule is c1ccc(-c2nc(-c3ccc4c(c3)sc3ccccc34)nc(-c3ccc(-n4c5cc(-c6cccc7ccccc67)ccc5c5ccc6ccccc6c54)c4oc5ccccc5c34)n2)cc1.c1ccc(-c2nc(-c3cccc4ccccc34)nc(-c3ccc(-n4c5cc6ccccc6cc5c5c6ccccc6c(-c6ccccc6)cc54)c4oc5ccccc5c34)n2)cc1. The van der Waals surface area contributed by atoms with Crippen LogP contribution in [0.25, 0.3) is 263 Å². The Kier molecular flexibility index (Phi) is 16.3. The molecule has 0 amide bonds. The van der Waals surface area contributed by atoms with Gasteiger partial charge in [-0.3, -0.25) is 0 Å². The number of fused-ring (bicyclic) bond motifs is 22. The van der Waals surface area contributed by atoms with Gasteiger partial charge < -0.3 is 18.0 Å². The Hall–Kier alpha value is -16.9. The fourth-order valence-corrected chi connectivity index (χ4v) is 20.8. The van der Waals surface area contributed by atoms with E-state index in [2.05, 4.69) is 367 Å². The van der Waals surface area contributed by atoms with Crippen molar-refractivity contribution in [1.29, 1.82) is 0 Å². The van der Waals surface area contributed by atoms with Gasteiger partial charge in [-0.25, -0.2) is 29.9 Å². The van der Waals surface area contributed by atoms with E-state index < -0.39 is 0 Å². The Labute approximate surface area is 730 Å². The quantitative estimate of drug-likeness (QED) is 0.133. The van der Waals surface area contributed by atoms with Gasteiger partial charge in [0.2, 0.25) is 0 Å². The standard InChI is InChI=1S/C59H34N4OS.C57H34N4O/c1-2-15-37(16-3-1)57-60-58(39-27-29-45-44-20-9-11-24-52(44)65-53(45)34-39)62-59(61-57)48-31-32-49(56-54(48)47-21-8-10-23-51(47)64-56)63-50-33-38(41-22-12-17-35-13-4-6-18-40(35)41)26-28-43(50)46-30-25-36-14-5-7-19-42(36)55(46)63;1-3-16-36(17-4-1)46-34-50-52(42-26-12-11-25-41(42)46)47-32-38-21-7-8-22-39(38)33-49(47)61(50)48-31-30-45(53-44-27-13-14-29-51(44)62-54(48)53)57-59-55(37-19-5-2-6-20-37)58-56(60-57)43-28-15-23-35-18-9-10-24-40(35)43/h1-34H;1-34H. The van der Waals surface area contributed by atoms with Gasteiger partial charge in [0.05, 0.1) is 33.4 Å². The van der Waals surface area contributed by atoms with Crippen molar-refractivity contribution in [2.45, 2.75) is 0 Å². The molecule has 27 aromatic rings. The predicted molar refractivity (Wildman–Crippen MR) is 527 cm³/mol. The van der Waals surface area contributed by atoms with Gasteiger partial charge in [0.25, 0.3) is 0 Å². The minimum absolute atomic E-state index is 0.579. The largest absolute Gasteiger partial charge is 0.454 e. The monoisotopic (exact) mass is 1640 g/mol. The molecule has 590 valence electrons. The van der Waals surface area contributed by atoms with Crippen LogP contribution >= 0.6 is 11.3 Å². The van der Waals surface area contributed by atoms with Gasteiger partial charge in [0.15, 0.2) is 46.1 Å². The van der Waals surface area contributed by atoms with Crippen LogP contribution in [0.1, 0.15) is 0 Å². The smallest absolute Gasteiger partial charge is 0.164 e. The summed E-state index contributed by atoms with van der Waals surface area (Å²) in [4.78, 5) is 31.5. The maximum absolute atomic E-state index is 7.07. The van der Waals surface area contributed by atoms with E-state index in [1.807, 2.05) is 54.6 Å². The molecular formula is C116H68N8O2S. The van der Waals surface area contributed by atoms with Crippen LogP contribution in [0, 0.1) is 0 Å². The topological polar surface area (TPSA) is 113 Å². The summed E-state index contributed by atoms with van der Waals surface area (Å²) in [7, 11) is 0. The van der Waals surface area contributed by atoms with E-state index in [1.54, 1.807) is 11.3 Å².